The lowest BCUT2D eigenvalue weighted by atomic mass is 9.79. The normalized spacial score (nSPS) is 18.8. The number of anilines is 1. The van der Waals surface area contributed by atoms with Gasteiger partial charge in [-0.1, -0.05) is 19.8 Å². The van der Waals surface area contributed by atoms with Crippen LogP contribution in [-0.2, 0) is 18.4 Å². The highest BCUT2D eigenvalue weighted by atomic mass is 19.1. The molecule has 0 spiro atoms. The molecular weight excluding hydrogens is 449 g/mol. The molecule has 1 fully saturated rings. The van der Waals surface area contributed by atoms with Gasteiger partial charge in [0.05, 0.1) is 23.8 Å². The Morgan fingerprint density at radius 2 is 1.94 bits per heavy atom. The fourth-order valence-corrected chi connectivity index (χ4v) is 4.80. The molecule has 0 bridgehead atoms. The van der Waals surface area contributed by atoms with E-state index < -0.39 is 11.9 Å². The molecule has 186 valence electrons. The maximum absolute atomic E-state index is 15.0. The van der Waals surface area contributed by atoms with Gasteiger partial charge < -0.3 is 10.6 Å². The quantitative estimate of drug-likeness (QED) is 0.535. The van der Waals surface area contributed by atoms with Gasteiger partial charge in [-0.3, -0.25) is 19.0 Å². The van der Waals surface area contributed by atoms with Crippen LogP contribution in [0.4, 0.5) is 10.1 Å². The Hall–Kier alpha value is -3.56. The zero-order valence-electron chi connectivity index (χ0n) is 20.6. The number of nitrogens with one attached hydrogen (secondary N) is 2. The molecule has 3 heterocycles. The minimum Gasteiger partial charge on any atom is -0.339 e. The first-order valence-corrected chi connectivity index (χ1v) is 12.1. The number of pyridine rings is 1. The van der Waals surface area contributed by atoms with Crippen LogP contribution in [0, 0.1) is 24.6 Å². The number of halogens is 1. The maximum atomic E-state index is 15.0. The first-order chi connectivity index (χ1) is 16.8. The Kier molecular flexibility index (Phi) is 7.28. The molecule has 9 nitrogen and oxygen atoms in total. The van der Waals surface area contributed by atoms with Gasteiger partial charge in [-0.05, 0) is 50.2 Å². The van der Waals surface area contributed by atoms with Crippen LogP contribution in [-0.4, -0.2) is 42.4 Å². The van der Waals surface area contributed by atoms with E-state index in [2.05, 4.69) is 32.7 Å². The SMILES string of the molecule is CCn1nccc1C(=O)NC(C(=O)Nc1cnc(-c2c(C)cnn2C)c(F)c1)C1CCC(C)CC1. The molecular formula is C25H32FN7O2. The second kappa shape index (κ2) is 10.4. The van der Waals surface area contributed by atoms with Gasteiger partial charge >= 0.3 is 0 Å². The lowest BCUT2D eigenvalue weighted by Gasteiger charge is -2.32. The van der Waals surface area contributed by atoms with Gasteiger partial charge in [0.25, 0.3) is 5.91 Å². The molecule has 4 rings (SSSR count). The summed E-state index contributed by atoms with van der Waals surface area (Å²) in [5, 5.41) is 14.0. The Morgan fingerprint density at radius 1 is 1.20 bits per heavy atom. The number of hydrogen-bond donors (Lipinski definition) is 2. The summed E-state index contributed by atoms with van der Waals surface area (Å²) < 4.78 is 18.1. The lowest BCUT2D eigenvalue weighted by molar-refractivity contribution is -0.119. The van der Waals surface area contributed by atoms with E-state index in [1.165, 1.54) is 12.3 Å². The van der Waals surface area contributed by atoms with Crippen molar-refractivity contribution in [2.45, 2.75) is 59.0 Å². The third-order valence-electron chi connectivity index (χ3n) is 6.80. The molecule has 3 aromatic heterocycles. The van der Waals surface area contributed by atoms with E-state index in [4.69, 9.17) is 0 Å². The summed E-state index contributed by atoms with van der Waals surface area (Å²) >= 11 is 0. The second-order valence-corrected chi connectivity index (χ2v) is 9.35. The minimum atomic E-state index is -0.753. The summed E-state index contributed by atoms with van der Waals surface area (Å²) in [5.41, 5.74) is 2.18. The van der Waals surface area contributed by atoms with Crippen LogP contribution in [0.2, 0.25) is 0 Å². The standard InChI is InChI=1S/C25H32FN7O2/c1-5-33-20(10-11-28-33)24(34)31-21(17-8-6-15(2)7-9-17)25(35)30-18-12-19(26)22(27-14-18)23-16(3)13-29-32(23)4/h10-15,17,21H,5-9H2,1-4H3,(H,30,35)(H,31,34). The monoisotopic (exact) mass is 481 g/mol. The zero-order valence-corrected chi connectivity index (χ0v) is 20.6. The lowest BCUT2D eigenvalue weighted by Crippen LogP contribution is -2.49. The van der Waals surface area contributed by atoms with Gasteiger partial charge in [0, 0.05) is 25.9 Å². The van der Waals surface area contributed by atoms with Gasteiger partial charge in [-0.15, -0.1) is 0 Å². The van der Waals surface area contributed by atoms with Crippen molar-refractivity contribution in [1.29, 1.82) is 0 Å². The van der Waals surface area contributed by atoms with Crippen LogP contribution < -0.4 is 10.6 Å². The Bertz CT molecular complexity index is 1190. The van der Waals surface area contributed by atoms with E-state index in [9.17, 15) is 14.0 Å². The van der Waals surface area contributed by atoms with Gasteiger partial charge in [0.1, 0.15) is 17.4 Å². The average Bonchev–Trinajstić information content (AvgIpc) is 3.44. The molecule has 35 heavy (non-hydrogen) atoms. The van der Waals surface area contributed by atoms with Crippen LogP contribution in [0.25, 0.3) is 11.4 Å². The summed E-state index contributed by atoms with van der Waals surface area (Å²) in [6.45, 7) is 6.47. The third kappa shape index (κ3) is 5.26. The number of aromatic nitrogens is 5. The highest BCUT2D eigenvalue weighted by molar-refractivity contribution is 6.00. The minimum absolute atomic E-state index is 0.0117. The summed E-state index contributed by atoms with van der Waals surface area (Å²) in [4.78, 5) is 30.6. The molecule has 3 aromatic rings. The number of nitrogens with zero attached hydrogens (tertiary/aromatic N) is 5. The van der Waals surface area contributed by atoms with Crippen molar-refractivity contribution in [3.63, 3.8) is 0 Å². The smallest absolute Gasteiger partial charge is 0.270 e. The van der Waals surface area contributed by atoms with Crippen molar-refractivity contribution in [3.8, 4) is 11.4 Å². The molecule has 1 aliphatic carbocycles. The Morgan fingerprint density at radius 3 is 2.57 bits per heavy atom. The zero-order chi connectivity index (χ0) is 25.1. The number of carbonyl (C=O) groups is 2. The van der Waals surface area contributed by atoms with Crippen molar-refractivity contribution in [2.75, 3.05) is 5.32 Å². The highest BCUT2D eigenvalue weighted by Crippen LogP contribution is 2.31. The fourth-order valence-electron chi connectivity index (χ4n) is 4.80. The van der Waals surface area contributed by atoms with E-state index in [-0.39, 0.29) is 29.1 Å². The van der Waals surface area contributed by atoms with Crippen LogP contribution >= 0.6 is 0 Å². The topological polar surface area (TPSA) is 107 Å². The summed E-state index contributed by atoms with van der Waals surface area (Å²) in [6.07, 6.45) is 8.29. The van der Waals surface area contributed by atoms with Gasteiger partial charge in [0.15, 0.2) is 5.82 Å². The van der Waals surface area contributed by atoms with Crippen molar-refractivity contribution in [3.05, 3.63) is 47.8 Å². The second-order valence-electron chi connectivity index (χ2n) is 9.35. The number of aryl methyl sites for hydroxylation is 3. The largest absolute Gasteiger partial charge is 0.339 e. The molecule has 1 saturated carbocycles. The molecule has 10 heteroatoms. The molecule has 1 atom stereocenters. The molecule has 1 unspecified atom stereocenters. The summed E-state index contributed by atoms with van der Waals surface area (Å²) in [5.74, 6) is -0.718. The van der Waals surface area contributed by atoms with Crippen molar-refractivity contribution in [1.82, 2.24) is 29.9 Å². The fraction of sp³-hybridized carbons (Fsp3) is 0.480. The van der Waals surface area contributed by atoms with Crippen molar-refractivity contribution in [2.24, 2.45) is 18.9 Å². The molecule has 2 N–H and O–H groups in total. The predicted octanol–water partition coefficient (Wildman–Crippen LogP) is 3.71. The molecule has 0 aliphatic heterocycles. The Balaban J connectivity index is 1.55. The van der Waals surface area contributed by atoms with Crippen LogP contribution in [0.3, 0.4) is 0 Å². The number of hydrogen-bond acceptors (Lipinski definition) is 5. The molecule has 1 aliphatic rings. The van der Waals surface area contributed by atoms with Crippen LogP contribution in [0.1, 0.15) is 55.6 Å². The molecule has 2 amide bonds. The molecule has 0 radical (unpaired) electrons. The van der Waals surface area contributed by atoms with Crippen LogP contribution in [0.5, 0.6) is 0 Å². The molecule has 0 saturated heterocycles. The Labute approximate surface area is 204 Å². The van der Waals surface area contributed by atoms with E-state index in [0.717, 1.165) is 31.2 Å². The predicted molar refractivity (Wildman–Crippen MR) is 130 cm³/mol. The third-order valence-corrected chi connectivity index (χ3v) is 6.80. The number of rotatable bonds is 7. The average molecular weight is 482 g/mol. The van der Waals surface area contributed by atoms with E-state index in [1.54, 1.807) is 34.9 Å². The first-order valence-electron chi connectivity index (χ1n) is 12.1. The summed E-state index contributed by atoms with van der Waals surface area (Å²) in [7, 11) is 1.72. The summed E-state index contributed by atoms with van der Waals surface area (Å²) in [6, 6.07) is 2.13. The first kappa shape index (κ1) is 24.6. The van der Waals surface area contributed by atoms with E-state index in [1.807, 2.05) is 13.8 Å². The highest BCUT2D eigenvalue weighted by Gasteiger charge is 2.33. The number of amides is 2. The maximum Gasteiger partial charge on any atom is 0.270 e. The van der Waals surface area contributed by atoms with Gasteiger partial charge in [-0.25, -0.2) is 9.37 Å². The van der Waals surface area contributed by atoms with E-state index in [0.29, 0.717) is 23.9 Å². The van der Waals surface area contributed by atoms with Crippen molar-refractivity contribution >= 4 is 17.5 Å². The van der Waals surface area contributed by atoms with Crippen LogP contribution in [0.15, 0.2) is 30.7 Å². The van der Waals surface area contributed by atoms with E-state index >= 15 is 0 Å². The van der Waals surface area contributed by atoms with Gasteiger partial charge in [0.2, 0.25) is 5.91 Å². The number of carbonyl (C=O) groups excluding carboxylic acids is 2. The molecule has 0 aromatic carbocycles. The van der Waals surface area contributed by atoms with Crippen molar-refractivity contribution < 1.29 is 14.0 Å². The van der Waals surface area contributed by atoms with Gasteiger partial charge in [-0.2, -0.15) is 10.2 Å².